The zero-order valence-corrected chi connectivity index (χ0v) is 15.7. The highest BCUT2D eigenvalue weighted by Crippen LogP contribution is 2.26. The van der Waals surface area contributed by atoms with E-state index in [2.05, 4.69) is 34.8 Å². The summed E-state index contributed by atoms with van der Waals surface area (Å²) in [6.45, 7) is 12.2. The van der Waals surface area contributed by atoms with Gasteiger partial charge in [-0.3, -0.25) is 9.79 Å². The van der Waals surface area contributed by atoms with Crippen molar-refractivity contribution in [2.45, 2.75) is 72.8 Å². The van der Waals surface area contributed by atoms with E-state index < -0.39 is 0 Å². The van der Waals surface area contributed by atoms with Crippen LogP contribution in [0.1, 0.15) is 66.7 Å². The summed E-state index contributed by atoms with van der Waals surface area (Å²) in [6.07, 6.45) is 6.40. The molecule has 134 valence electrons. The van der Waals surface area contributed by atoms with Gasteiger partial charge in [0.2, 0.25) is 5.91 Å². The van der Waals surface area contributed by atoms with E-state index in [0.717, 1.165) is 18.4 Å². The molecule has 0 aromatic rings. The number of hydrogen-bond donors (Lipinski definition) is 3. The summed E-state index contributed by atoms with van der Waals surface area (Å²) < 4.78 is 0. The third-order valence-electron chi connectivity index (χ3n) is 4.39. The smallest absolute Gasteiger partial charge is 0.225 e. The molecule has 0 aromatic heterocycles. The number of carbonyl (C=O) groups excluding carboxylic acids is 1. The fourth-order valence-electron chi connectivity index (χ4n) is 2.91. The van der Waals surface area contributed by atoms with Crippen LogP contribution < -0.4 is 16.0 Å². The minimum absolute atomic E-state index is 0.0729. The van der Waals surface area contributed by atoms with Crippen LogP contribution in [0.4, 0.5) is 0 Å². The first-order valence-corrected chi connectivity index (χ1v) is 9.20. The van der Waals surface area contributed by atoms with Gasteiger partial charge < -0.3 is 16.0 Å². The molecule has 23 heavy (non-hydrogen) atoms. The van der Waals surface area contributed by atoms with Gasteiger partial charge in [0.25, 0.3) is 0 Å². The Balaban J connectivity index is 2.42. The molecule has 1 fully saturated rings. The highest BCUT2D eigenvalue weighted by molar-refractivity contribution is 5.81. The van der Waals surface area contributed by atoms with Gasteiger partial charge >= 0.3 is 0 Å². The fraction of sp³-hybridized carbons (Fsp3) is 0.889. The monoisotopic (exact) mass is 324 g/mol. The minimum Gasteiger partial charge on any atom is -0.357 e. The van der Waals surface area contributed by atoms with E-state index in [4.69, 9.17) is 0 Å². The van der Waals surface area contributed by atoms with Gasteiger partial charge in [0.15, 0.2) is 5.96 Å². The van der Waals surface area contributed by atoms with Crippen LogP contribution >= 0.6 is 0 Å². The van der Waals surface area contributed by atoms with Gasteiger partial charge in [0, 0.05) is 24.5 Å². The number of carbonyl (C=O) groups is 1. The molecule has 2 atom stereocenters. The number of aliphatic imine (C=N–C) groups is 1. The Morgan fingerprint density at radius 2 is 1.91 bits per heavy atom. The third-order valence-corrected chi connectivity index (χ3v) is 4.39. The van der Waals surface area contributed by atoms with Crippen LogP contribution in [0, 0.1) is 11.3 Å². The number of nitrogens with one attached hydrogen (secondary N) is 3. The highest BCUT2D eigenvalue weighted by Gasteiger charge is 2.22. The fourth-order valence-corrected chi connectivity index (χ4v) is 2.91. The quantitative estimate of drug-likeness (QED) is 0.400. The Labute approximate surface area is 142 Å². The van der Waals surface area contributed by atoms with Crippen LogP contribution in [0.3, 0.4) is 0 Å². The zero-order chi connectivity index (χ0) is 17.3. The standard InChI is InChI=1S/C18H36N4O/c1-6-14-9-8-10-15(13-14)22-17(19-7-2)21-12-11-20-16(23)18(3,4)5/h14-15H,6-13H2,1-5H3,(H,20,23)(H2,19,21,22). The van der Waals surface area contributed by atoms with Gasteiger partial charge in [-0.2, -0.15) is 0 Å². The van der Waals surface area contributed by atoms with Crippen molar-refractivity contribution >= 4 is 11.9 Å². The second-order valence-electron chi connectivity index (χ2n) is 7.55. The predicted molar refractivity (Wildman–Crippen MR) is 97.6 cm³/mol. The van der Waals surface area contributed by atoms with E-state index in [9.17, 15) is 4.79 Å². The molecule has 5 heteroatoms. The summed E-state index contributed by atoms with van der Waals surface area (Å²) in [7, 11) is 0. The summed E-state index contributed by atoms with van der Waals surface area (Å²) in [4.78, 5) is 16.4. The molecule has 0 radical (unpaired) electrons. The number of amides is 1. The molecule has 1 aliphatic rings. The van der Waals surface area contributed by atoms with Crippen LogP contribution in [0.2, 0.25) is 0 Å². The third kappa shape index (κ3) is 7.71. The van der Waals surface area contributed by atoms with E-state index >= 15 is 0 Å². The van der Waals surface area contributed by atoms with Gasteiger partial charge in [-0.15, -0.1) is 0 Å². The van der Waals surface area contributed by atoms with E-state index in [1.54, 1.807) is 0 Å². The van der Waals surface area contributed by atoms with Crippen LogP contribution in [-0.4, -0.2) is 37.5 Å². The Bertz CT molecular complexity index is 387. The van der Waals surface area contributed by atoms with E-state index in [-0.39, 0.29) is 11.3 Å². The van der Waals surface area contributed by atoms with Crippen molar-refractivity contribution < 1.29 is 4.79 Å². The summed E-state index contributed by atoms with van der Waals surface area (Å²) in [5, 5.41) is 9.81. The largest absolute Gasteiger partial charge is 0.357 e. The second-order valence-corrected chi connectivity index (χ2v) is 7.55. The molecule has 0 spiro atoms. The lowest BCUT2D eigenvalue weighted by molar-refractivity contribution is -0.128. The van der Waals surface area contributed by atoms with Gasteiger partial charge in [-0.1, -0.05) is 47.0 Å². The van der Waals surface area contributed by atoms with Crippen molar-refractivity contribution in [3.05, 3.63) is 0 Å². The SMILES string of the molecule is CCNC(=NCCNC(=O)C(C)(C)C)NC1CCCC(CC)C1. The Hall–Kier alpha value is -1.26. The molecular weight excluding hydrogens is 288 g/mol. The topological polar surface area (TPSA) is 65.5 Å². The normalized spacial score (nSPS) is 22.6. The molecule has 2 unspecified atom stereocenters. The van der Waals surface area contributed by atoms with E-state index in [1.165, 1.54) is 32.1 Å². The predicted octanol–water partition coefficient (Wildman–Crippen LogP) is 2.67. The number of guanidine groups is 1. The Morgan fingerprint density at radius 3 is 2.52 bits per heavy atom. The molecule has 0 saturated heterocycles. The van der Waals surface area contributed by atoms with Crippen LogP contribution in [-0.2, 0) is 4.79 Å². The van der Waals surface area contributed by atoms with Gasteiger partial charge in [-0.05, 0) is 25.7 Å². The lowest BCUT2D eigenvalue weighted by atomic mass is 9.84. The summed E-state index contributed by atoms with van der Waals surface area (Å²) in [5.41, 5.74) is -0.344. The molecule has 0 bridgehead atoms. The van der Waals surface area contributed by atoms with Crippen molar-refractivity contribution in [1.29, 1.82) is 0 Å². The summed E-state index contributed by atoms with van der Waals surface area (Å²) >= 11 is 0. The Kier molecular flexibility index (Phi) is 8.42. The molecule has 1 saturated carbocycles. The molecule has 0 aliphatic heterocycles. The maximum absolute atomic E-state index is 11.8. The second kappa shape index (κ2) is 9.78. The van der Waals surface area contributed by atoms with Gasteiger partial charge in [-0.25, -0.2) is 0 Å². The maximum Gasteiger partial charge on any atom is 0.225 e. The zero-order valence-electron chi connectivity index (χ0n) is 15.7. The van der Waals surface area contributed by atoms with Crippen molar-refractivity contribution in [3.63, 3.8) is 0 Å². The first-order chi connectivity index (χ1) is 10.9. The minimum atomic E-state index is -0.344. The van der Waals surface area contributed by atoms with Crippen LogP contribution in [0.15, 0.2) is 4.99 Å². The summed E-state index contributed by atoms with van der Waals surface area (Å²) in [5.74, 6) is 1.79. The maximum atomic E-state index is 11.8. The molecule has 0 aromatic carbocycles. The first-order valence-electron chi connectivity index (χ1n) is 9.20. The van der Waals surface area contributed by atoms with Crippen molar-refractivity contribution in [2.75, 3.05) is 19.6 Å². The molecule has 1 aliphatic carbocycles. The number of nitrogens with zero attached hydrogens (tertiary/aromatic N) is 1. The van der Waals surface area contributed by atoms with Crippen molar-refractivity contribution in [3.8, 4) is 0 Å². The molecule has 0 heterocycles. The molecule has 5 nitrogen and oxygen atoms in total. The summed E-state index contributed by atoms with van der Waals surface area (Å²) in [6, 6.07) is 0.524. The molecular formula is C18H36N4O. The molecule has 3 N–H and O–H groups in total. The van der Waals surface area contributed by atoms with E-state index in [0.29, 0.717) is 19.1 Å². The lowest BCUT2D eigenvalue weighted by Gasteiger charge is -2.30. The lowest BCUT2D eigenvalue weighted by Crippen LogP contribution is -2.45. The molecule has 1 amide bonds. The Morgan fingerprint density at radius 1 is 1.17 bits per heavy atom. The molecule has 1 rings (SSSR count). The number of rotatable bonds is 6. The first kappa shape index (κ1) is 19.8. The van der Waals surface area contributed by atoms with Crippen molar-refractivity contribution in [1.82, 2.24) is 16.0 Å². The highest BCUT2D eigenvalue weighted by atomic mass is 16.2. The van der Waals surface area contributed by atoms with Crippen LogP contribution in [0.25, 0.3) is 0 Å². The average molecular weight is 325 g/mol. The van der Waals surface area contributed by atoms with Crippen LogP contribution in [0.5, 0.6) is 0 Å². The number of hydrogen-bond acceptors (Lipinski definition) is 2. The average Bonchev–Trinajstić information content (AvgIpc) is 2.50. The van der Waals surface area contributed by atoms with Gasteiger partial charge in [0.1, 0.15) is 0 Å². The van der Waals surface area contributed by atoms with E-state index in [1.807, 2.05) is 20.8 Å². The van der Waals surface area contributed by atoms with Crippen molar-refractivity contribution in [2.24, 2.45) is 16.3 Å². The van der Waals surface area contributed by atoms with Gasteiger partial charge in [0.05, 0.1) is 6.54 Å².